The lowest BCUT2D eigenvalue weighted by molar-refractivity contribution is -0.141. The van der Waals surface area contributed by atoms with Gasteiger partial charge in [-0.25, -0.2) is 4.79 Å². The molecule has 174 valence electrons. The lowest BCUT2D eigenvalue weighted by atomic mass is 9.81. The molecule has 1 aliphatic carbocycles. The summed E-state index contributed by atoms with van der Waals surface area (Å²) < 4.78 is 0. The molecule has 7 heteroatoms. The number of carbonyl (C=O) groups is 3. The van der Waals surface area contributed by atoms with Gasteiger partial charge in [0.15, 0.2) is 0 Å². The molecule has 1 aliphatic heterocycles. The first-order chi connectivity index (χ1) is 16.0. The predicted molar refractivity (Wildman–Crippen MR) is 124 cm³/mol. The fraction of sp³-hybridized carbons (Fsp3) is 0.423. The second kappa shape index (κ2) is 10.2. The molecule has 2 fully saturated rings. The van der Waals surface area contributed by atoms with Crippen molar-refractivity contribution in [2.45, 2.75) is 44.1 Å². The van der Waals surface area contributed by atoms with Gasteiger partial charge in [-0.15, -0.1) is 0 Å². The summed E-state index contributed by atoms with van der Waals surface area (Å²) in [5.74, 6) is -1.24. The molecule has 0 unspecified atom stereocenters. The summed E-state index contributed by atoms with van der Waals surface area (Å²) in [4.78, 5) is 39.8. The summed E-state index contributed by atoms with van der Waals surface area (Å²) in [6.07, 6.45) is 3.84. The maximum Gasteiger partial charge on any atom is 0.335 e. The lowest BCUT2D eigenvalue weighted by Gasteiger charge is -2.33. The van der Waals surface area contributed by atoms with Gasteiger partial charge in [0.05, 0.1) is 5.56 Å². The van der Waals surface area contributed by atoms with Crippen LogP contribution in [0.25, 0.3) is 0 Å². The summed E-state index contributed by atoms with van der Waals surface area (Å²) in [6, 6.07) is 15.2. The van der Waals surface area contributed by atoms with Crippen LogP contribution < -0.4 is 5.32 Å². The van der Waals surface area contributed by atoms with Crippen LogP contribution in [0.2, 0.25) is 0 Å². The summed E-state index contributed by atoms with van der Waals surface area (Å²) in [5.41, 5.74) is 1.67. The maximum absolute atomic E-state index is 13.5. The minimum atomic E-state index is -1.03. The van der Waals surface area contributed by atoms with Gasteiger partial charge >= 0.3 is 5.97 Å². The van der Waals surface area contributed by atoms with Gasteiger partial charge in [-0.2, -0.15) is 0 Å². The normalized spacial score (nSPS) is 24.9. The Hall–Kier alpha value is -3.19. The number of likely N-dealkylation sites (tertiary alicyclic amines) is 1. The van der Waals surface area contributed by atoms with Crippen molar-refractivity contribution in [1.82, 2.24) is 4.90 Å². The molecule has 0 aromatic heterocycles. The van der Waals surface area contributed by atoms with Crippen molar-refractivity contribution in [3.63, 3.8) is 0 Å². The smallest absolute Gasteiger partial charge is 0.335 e. The minimum absolute atomic E-state index is 0.0196. The highest BCUT2D eigenvalue weighted by molar-refractivity contribution is 5.99. The van der Waals surface area contributed by atoms with E-state index in [1.807, 2.05) is 30.3 Å². The Labute approximate surface area is 193 Å². The average Bonchev–Trinajstić information content (AvgIpc) is 3.30. The SMILES string of the molecule is O=C(O)c1ccc(NC(=O)[C@@H]2[C@H](c3ccccc3)CCN2C(=O)[C@H]2CC[C@H](CO)CC2)cc1. The first-order valence-electron chi connectivity index (χ1n) is 11.6. The van der Waals surface area contributed by atoms with E-state index in [1.54, 1.807) is 17.0 Å². The van der Waals surface area contributed by atoms with Gasteiger partial charge in [0.1, 0.15) is 6.04 Å². The van der Waals surface area contributed by atoms with E-state index in [0.717, 1.165) is 31.2 Å². The first-order valence-corrected chi connectivity index (χ1v) is 11.6. The van der Waals surface area contributed by atoms with E-state index >= 15 is 0 Å². The molecule has 2 aliphatic rings. The molecule has 2 aromatic rings. The number of rotatable bonds is 6. The van der Waals surface area contributed by atoms with Gasteiger partial charge in [0.2, 0.25) is 11.8 Å². The Morgan fingerprint density at radius 3 is 2.18 bits per heavy atom. The Morgan fingerprint density at radius 1 is 0.909 bits per heavy atom. The molecule has 1 saturated heterocycles. The van der Waals surface area contributed by atoms with E-state index in [2.05, 4.69) is 5.32 Å². The Morgan fingerprint density at radius 2 is 1.58 bits per heavy atom. The Kier molecular flexibility index (Phi) is 7.08. The van der Waals surface area contributed by atoms with Crippen LogP contribution in [0.5, 0.6) is 0 Å². The second-order valence-corrected chi connectivity index (χ2v) is 9.05. The zero-order valence-corrected chi connectivity index (χ0v) is 18.5. The van der Waals surface area contributed by atoms with E-state index in [-0.39, 0.29) is 41.7 Å². The highest BCUT2D eigenvalue weighted by Crippen LogP contribution is 2.37. The summed E-state index contributed by atoms with van der Waals surface area (Å²) in [5, 5.41) is 21.4. The van der Waals surface area contributed by atoms with Crippen LogP contribution in [0.1, 0.15) is 53.9 Å². The van der Waals surface area contributed by atoms with Crippen LogP contribution in [-0.4, -0.2) is 52.1 Å². The van der Waals surface area contributed by atoms with Crippen LogP contribution in [0.15, 0.2) is 54.6 Å². The van der Waals surface area contributed by atoms with E-state index in [1.165, 1.54) is 12.1 Å². The molecule has 2 amide bonds. The minimum Gasteiger partial charge on any atom is -0.478 e. The number of amides is 2. The third-order valence-electron chi connectivity index (χ3n) is 7.03. The van der Waals surface area contributed by atoms with Crippen LogP contribution in [0, 0.1) is 11.8 Å². The fourth-order valence-electron chi connectivity index (χ4n) is 5.15. The number of carbonyl (C=O) groups excluding carboxylic acids is 2. The van der Waals surface area contributed by atoms with E-state index in [4.69, 9.17) is 5.11 Å². The zero-order valence-electron chi connectivity index (χ0n) is 18.5. The van der Waals surface area contributed by atoms with Crippen LogP contribution in [0.3, 0.4) is 0 Å². The standard InChI is InChI=1S/C26H30N2O5/c29-16-17-6-8-19(9-7-17)25(31)28-15-14-22(18-4-2-1-3-5-18)23(28)24(30)27-21-12-10-20(11-13-21)26(32)33/h1-5,10-13,17,19,22-23,29H,6-9,14-16H2,(H,27,30)(H,32,33)/t17-,19-,22-,23-/m0/s1. The first kappa shape index (κ1) is 23.0. The van der Waals surface area contributed by atoms with E-state index in [0.29, 0.717) is 18.7 Å². The number of aromatic carboxylic acids is 1. The number of nitrogens with one attached hydrogen (secondary N) is 1. The van der Waals surface area contributed by atoms with Gasteiger partial charge in [0, 0.05) is 30.7 Å². The number of aliphatic hydroxyl groups excluding tert-OH is 1. The quantitative estimate of drug-likeness (QED) is 0.624. The number of anilines is 1. The zero-order chi connectivity index (χ0) is 23.4. The summed E-state index contributed by atoms with van der Waals surface area (Å²) in [6.45, 7) is 0.681. The van der Waals surface area contributed by atoms with Crippen molar-refractivity contribution in [1.29, 1.82) is 0 Å². The molecule has 0 bridgehead atoms. The van der Waals surface area contributed by atoms with Crippen LogP contribution in [-0.2, 0) is 9.59 Å². The molecule has 0 spiro atoms. The highest BCUT2D eigenvalue weighted by Gasteiger charge is 2.44. The topological polar surface area (TPSA) is 107 Å². The van der Waals surface area contributed by atoms with Crippen molar-refractivity contribution in [2.24, 2.45) is 11.8 Å². The number of hydrogen-bond donors (Lipinski definition) is 3. The molecule has 2 aromatic carbocycles. The van der Waals surface area contributed by atoms with Gasteiger partial charge in [0.25, 0.3) is 0 Å². The van der Waals surface area contributed by atoms with Crippen molar-refractivity contribution in [2.75, 3.05) is 18.5 Å². The molecular weight excluding hydrogens is 420 g/mol. The van der Waals surface area contributed by atoms with Crippen LogP contribution >= 0.6 is 0 Å². The van der Waals surface area contributed by atoms with E-state index < -0.39 is 12.0 Å². The highest BCUT2D eigenvalue weighted by atomic mass is 16.4. The molecule has 2 atom stereocenters. The van der Waals surface area contributed by atoms with Gasteiger partial charge < -0.3 is 20.4 Å². The monoisotopic (exact) mass is 450 g/mol. The molecule has 4 rings (SSSR count). The summed E-state index contributed by atoms with van der Waals surface area (Å²) >= 11 is 0. The maximum atomic E-state index is 13.5. The fourth-order valence-corrected chi connectivity index (χ4v) is 5.15. The second-order valence-electron chi connectivity index (χ2n) is 9.05. The van der Waals surface area contributed by atoms with Crippen molar-refractivity contribution in [3.8, 4) is 0 Å². The number of benzene rings is 2. The predicted octanol–water partition coefficient (Wildman–Crippen LogP) is 3.51. The van der Waals surface area contributed by atoms with Crippen molar-refractivity contribution in [3.05, 3.63) is 65.7 Å². The molecule has 1 heterocycles. The Balaban J connectivity index is 1.55. The largest absolute Gasteiger partial charge is 0.478 e. The van der Waals surface area contributed by atoms with Crippen molar-refractivity contribution >= 4 is 23.5 Å². The summed E-state index contributed by atoms with van der Waals surface area (Å²) in [7, 11) is 0. The molecule has 1 saturated carbocycles. The number of aliphatic hydroxyl groups is 1. The third-order valence-corrected chi connectivity index (χ3v) is 7.03. The molecule has 3 N–H and O–H groups in total. The molecular formula is C26H30N2O5. The van der Waals surface area contributed by atoms with Gasteiger partial charge in [-0.3, -0.25) is 9.59 Å². The van der Waals surface area contributed by atoms with Crippen molar-refractivity contribution < 1.29 is 24.6 Å². The molecule has 7 nitrogen and oxygen atoms in total. The van der Waals surface area contributed by atoms with Gasteiger partial charge in [-0.1, -0.05) is 30.3 Å². The van der Waals surface area contributed by atoms with Crippen LogP contribution in [0.4, 0.5) is 5.69 Å². The number of hydrogen-bond acceptors (Lipinski definition) is 4. The van der Waals surface area contributed by atoms with E-state index in [9.17, 15) is 19.5 Å². The Bertz CT molecular complexity index is 984. The third kappa shape index (κ3) is 5.09. The number of carboxylic acids is 1. The number of carboxylic acid groups (broad SMARTS) is 1. The van der Waals surface area contributed by atoms with Gasteiger partial charge in [-0.05, 0) is 67.9 Å². The lowest BCUT2D eigenvalue weighted by Crippen LogP contribution is -2.48. The molecule has 0 radical (unpaired) electrons. The average molecular weight is 451 g/mol. The number of nitrogens with zero attached hydrogens (tertiary/aromatic N) is 1. The molecule has 33 heavy (non-hydrogen) atoms.